The summed E-state index contributed by atoms with van der Waals surface area (Å²) >= 11 is 0. The van der Waals surface area contributed by atoms with Crippen molar-refractivity contribution >= 4 is 28.7 Å². The average molecular weight is 340 g/mol. The molecule has 3 rings (SSSR count). The van der Waals surface area contributed by atoms with E-state index in [1.54, 1.807) is 0 Å². The maximum Gasteiger partial charge on any atom is 0.340 e. The predicted molar refractivity (Wildman–Crippen MR) is 92.1 cm³/mol. The number of aryl methyl sites for hydroxylation is 2. The highest BCUT2D eigenvalue weighted by Crippen LogP contribution is 2.24. The largest absolute Gasteiger partial charge is 0.452 e. The molecule has 0 saturated carbocycles. The smallest absolute Gasteiger partial charge is 0.340 e. The summed E-state index contributed by atoms with van der Waals surface area (Å²) in [7, 11) is 0. The number of para-hydroxylation sites is 1. The van der Waals surface area contributed by atoms with Gasteiger partial charge in [0.2, 0.25) is 5.91 Å². The first-order chi connectivity index (χ1) is 12.0. The van der Waals surface area contributed by atoms with Crippen LogP contribution in [0.15, 0.2) is 24.3 Å². The van der Waals surface area contributed by atoms with Gasteiger partial charge < -0.3 is 4.74 Å². The number of imide groups is 1. The number of pyridine rings is 1. The van der Waals surface area contributed by atoms with E-state index in [4.69, 9.17) is 4.74 Å². The molecular weight excluding hydrogens is 320 g/mol. The summed E-state index contributed by atoms with van der Waals surface area (Å²) in [4.78, 5) is 41.9. The molecule has 0 spiro atoms. The number of amides is 2. The Hall–Kier alpha value is -2.76. The fourth-order valence-corrected chi connectivity index (χ4v) is 3.16. The van der Waals surface area contributed by atoms with Crippen molar-refractivity contribution in [3.63, 3.8) is 0 Å². The number of likely N-dealkylation sites (tertiary alicyclic amines) is 1. The summed E-state index contributed by atoms with van der Waals surface area (Å²) in [6, 6.07) is 7.60. The fourth-order valence-electron chi connectivity index (χ4n) is 3.16. The normalized spacial score (nSPS) is 14.2. The number of aromatic nitrogens is 1. The summed E-state index contributed by atoms with van der Waals surface area (Å²) in [5, 5.41) is 0.882. The van der Waals surface area contributed by atoms with Crippen LogP contribution in [-0.4, -0.2) is 40.8 Å². The van der Waals surface area contributed by atoms with Crippen LogP contribution in [0.3, 0.4) is 0 Å². The van der Waals surface area contributed by atoms with Crippen LogP contribution in [0.5, 0.6) is 0 Å². The fraction of sp³-hybridized carbons (Fsp3) is 0.368. The Morgan fingerprint density at radius 1 is 1.28 bits per heavy atom. The van der Waals surface area contributed by atoms with Crippen molar-refractivity contribution in [1.29, 1.82) is 0 Å². The van der Waals surface area contributed by atoms with E-state index in [-0.39, 0.29) is 5.91 Å². The highest BCUT2D eigenvalue weighted by molar-refractivity contribution is 6.01. The molecule has 0 aliphatic carbocycles. The summed E-state index contributed by atoms with van der Waals surface area (Å²) < 4.78 is 5.20. The van der Waals surface area contributed by atoms with Gasteiger partial charge in [0.05, 0.1) is 16.8 Å². The minimum Gasteiger partial charge on any atom is -0.452 e. The van der Waals surface area contributed by atoms with Crippen molar-refractivity contribution < 1.29 is 19.1 Å². The van der Waals surface area contributed by atoms with E-state index >= 15 is 0 Å². The lowest BCUT2D eigenvalue weighted by Gasteiger charge is -2.15. The first-order valence-corrected chi connectivity index (χ1v) is 8.41. The lowest BCUT2D eigenvalue weighted by Crippen LogP contribution is -2.35. The van der Waals surface area contributed by atoms with Gasteiger partial charge in [-0.05, 0) is 31.4 Å². The lowest BCUT2D eigenvalue weighted by atomic mass is 10.0. The highest BCUT2D eigenvalue weighted by atomic mass is 16.5. The Bertz CT molecular complexity index is 860. The number of carbonyl (C=O) groups excluding carboxylic acids is 3. The molecule has 6 heteroatoms. The predicted octanol–water partition coefficient (Wildman–Crippen LogP) is 2.41. The summed E-state index contributed by atoms with van der Waals surface area (Å²) in [5.41, 5.74) is 2.66. The summed E-state index contributed by atoms with van der Waals surface area (Å²) in [6.45, 7) is 3.74. The summed E-state index contributed by atoms with van der Waals surface area (Å²) in [6.07, 6.45) is 1.61. The Morgan fingerprint density at radius 2 is 2.04 bits per heavy atom. The molecule has 130 valence electrons. The molecular formula is C19H20N2O4. The number of ether oxygens (including phenoxy) is 1. The Balaban J connectivity index is 1.83. The number of carbonyl (C=O) groups is 3. The molecule has 0 radical (unpaired) electrons. The molecule has 0 bridgehead atoms. The molecule has 0 unspecified atom stereocenters. The van der Waals surface area contributed by atoms with Crippen molar-refractivity contribution in [2.24, 2.45) is 0 Å². The molecule has 0 N–H and O–H groups in total. The van der Waals surface area contributed by atoms with E-state index in [1.807, 2.05) is 38.1 Å². The van der Waals surface area contributed by atoms with E-state index in [0.29, 0.717) is 37.1 Å². The molecule has 1 aromatic heterocycles. The van der Waals surface area contributed by atoms with E-state index in [1.165, 1.54) is 0 Å². The first kappa shape index (κ1) is 17.1. The van der Waals surface area contributed by atoms with E-state index in [0.717, 1.165) is 21.4 Å². The van der Waals surface area contributed by atoms with Crippen LogP contribution in [0.25, 0.3) is 10.9 Å². The number of benzene rings is 1. The van der Waals surface area contributed by atoms with Crippen LogP contribution in [0.2, 0.25) is 0 Å². The van der Waals surface area contributed by atoms with E-state index < -0.39 is 18.5 Å². The van der Waals surface area contributed by atoms with Crippen LogP contribution >= 0.6 is 0 Å². The molecule has 0 atom stereocenters. The molecule has 1 fully saturated rings. The second-order valence-electron chi connectivity index (χ2n) is 6.05. The van der Waals surface area contributed by atoms with Gasteiger partial charge in [-0.1, -0.05) is 25.1 Å². The van der Waals surface area contributed by atoms with Crippen LogP contribution in [0.1, 0.15) is 41.4 Å². The second kappa shape index (κ2) is 7.01. The average Bonchev–Trinajstić information content (AvgIpc) is 3.05. The van der Waals surface area contributed by atoms with Gasteiger partial charge in [0.1, 0.15) is 0 Å². The third kappa shape index (κ3) is 3.24. The van der Waals surface area contributed by atoms with Crippen molar-refractivity contribution in [2.45, 2.75) is 33.1 Å². The molecule has 2 heterocycles. The van der Waals surface area contributed by atoms with Gasteiger partial charge in [0.15, 0.2) is 6.61 Å². The monoisotopic (exact) mass is 340 g/mol. The highest BCUT2D eigenvalue weighted by Gasteiger charge is 2.28. The number of nitrogens with zero attached hydrogens (tertiary/aromatic N) is 2. The number of rotatable bonds is 4. The Morgan fingerprint density at radius 3 is 2.72 bits per heavy atom. The molecule has 1 aromatic carbocycles. The zero-order valence-corrected chi connectivity index (χ0v) is 14.4. The number of hydrogen-bond donors (Lipinski definition) is 0. The maximum absolute atomic E-state index is 12.6. The standard InChI is InChI=1S/C19H20N2O4/c1-3-14-18(12(2)13-7-4-5-8-15(13)20-14)19(24)25-11-17(23)21-10-6-9-16(21)22/h4-5,7-8H,3,6,9-11H2,1-2H3. The SMILES string of the molecule is CCc1nc2ccccc2c(C)c1C(=O)OCC(=O)N1CCCC1=O. The maximum atomic E-state index is 12.6. The van der Waals surface area contributed by atoms with Crippen molar-refractivity contribution in [3.8, 4) is 0 Å². The van der Waals surface area contributed by atoms with Crippen molar-refractivity contribution in [3.05, 3.63) is 41.1 Å². The van der Waals surface area contributed by atoms with Gasteiger partial charge in [0, 0.05) is 18.4 Å². The molecule has 1 aliphatic rings. The van der Waals surface area contributed by atoms with Crippen LogP contribution < -0.4 is 0 Å². The van der Waals surface area contributed by atoms with Gasteiger partial charge in [0.25, 0.3) is 5.91 Å². The zero-order chi connectivity index (χ0) is 18.0. The molecule has 6 nitrogen and oxygen atoms in total. The second-order valence-corrected chi connectivity index (χ2v) is 6.05. The molecule has 2 aromatic rings. The van der Waals surface area contributed by atoms with E-state index in [2.05, 4.69) is 4.98 Å². The number of fused-ring (bicyclic) bond motifs is 1. The molecule has 2 amide bonds. The van der Waals surface area contributed by atoms with Crippen molar-refractivity contribution in [1.82, 2.24) is 9.88 Å². The van der Waals surface area contributed by atoms with Crippen LogP contribution in [-0.2, 0) is 20.7 Å². The molecule has 25 heavy (non-hydrogen) atoms. The zero-order valence-electron chi connectivity index (χ0n) is 14.4. The third-order valence-electron chi connectivity index (χ3n) is 4.47. The minimum atomic E-state index is -0.576. The number of esters is 1. The van der Waals surface area contributed by atoms with Crippen LogP contribution in [0.4, 0.5) is 0 Å². The Kier molecular flexibility index (Phi) is 4.79. The van der Waals surface area contributed by atoms with Crippen molar-refractivity contribution in [2.75, 3.05) is 13.2 Å². The first-order valence-electron chi connectivity index (χ1n) is 8.41. The van der Waals surface area contributed by atoms with Gasteiger partial charge in [-0.25, -0.2) is 4.79 Å². The summed E-state index contributed by atoms with van der Waals surface area (Å²) in [5.74, 6) is -1.26. The van der Waals surface area contributed by atoms with Crippen LogP contribution in [0, 0.1) is 6.92 Å². The topological polar surface area (TPSA) is 76.6 Å². The number of hydrogen-bond acceptors (Lipinski definition) is 5. The van der Waals surface area contributed by atoms with E-state index in [9.17, 15) is 14.4 Å². The van der Waals surface area contributed by atoms with Gasteiger partial charge in [-0.3, -0.25) is 19.5 Å². The van der Waals surface area contributed by atoms with Gasteiger partial charge in [-0.15, -0.1) is 0 Å². The minimum absolute atomic E-state index is 0.209. The van der Waals surface area contributed by atoms with Gasteiger partial charge in [-0.2, -0.15) is 0 Å². The molecule has 1 aliphatic heterocycles. The Labute approximate surface area is 145 Å². The molecule has 1 saturated heterocycles. The van der Waals surface area contributed by atoms with Gasteiger partial charge >= 0.3 is 5.97 Å². The lowest BCUT2D eigenvalue weighted by molar-refractivity contribution is -0.143. The third-order valence-corrected chi connectivity index (χ3v) is 4.47. The quantitative estimate of drug-likeness (QED) is 0.799.